The summed E-state index contributed by atoms with van der Waals surface area (Å²) in [5.74, 6) is 0.910. The van der Waals surface area contributed by atoms with Crippen molar-refractivity contribution in [1.82, 2.24) is 0 Å². The molecule has 0 unspecified atom stereocenters. The highest BCUT2D eigenvalue weighted by Crippen LogP contribution is 2.05. The Morgan fingerprint density at radius 2 is 0.947 bits per heavy atom. The van der Waals surface area contributed by atoms with Gasteiger partial charge in [0.2, 0.25) is 0 Å². The first kappa shape index (κ1) is 19.6. The quantitative estimate of drug-likeness (QED) is 0.627. The molecule has 0 saturated heterocycles. The lowest BCUT2D eigenvalue weighted by molar-refractivity contribution is 0.415. The molecule has 0 heterocycles. The summed E-state index contributed by atoms with van der Waals surface area (Å²) in [5.41, 5.74) is 0. The van der Waals surface area contributed by atoms with Gasteiger partial charge in [-0.15, -0.1) is 0 Å². The summed E-state index contributed by atoms with van der Waals surface area (Å²) in [5, 5.41) is 0. The fraction of sp³-hybridized carbons (Fsp3) is 0.333. The minimum absolute atomic E-state index is 0.910. The molecule has 0 bridgehead atoms. The third kappa shape index (κ3) is 16.2. The van der Waals surface area contributed by atoms with Gasteiger partial charge in [0.05, 0.1) is 7.11 Å². The molecule has 0 fully saturated rings. The SMILES string of the molecule is CC.CCC.COc1ccccc1.c1ccccc1. The van der Waals surface area contributed by atoms with E-state index in [-0.39, 0.29) is 0 Å². The molecule has 1 nitrogen and oxygen atoms in total. The van der Waals surface area contributed by atoms with E-state index in [0.717, 1.165) is 5.75 Å². The first-order valence-corrected chi connectivity index (χ1v) is 6.94. The number of ether oxygens (including phenoxy) is 1. The molecule has 0 atom stereocenters. The fourth-order valence-electron chi connectivity index (χ4n) is 0.941. The average molecular weight is 260 g/mol. The molecule has 19 heavy (non-hydrogen) atoms. The molecule has 0 aliphatic carbocycles. The summed E-state index contributed by atoms with van der Waals surface area (Å²) in [4.78, 5) is 0. The van der Waals surface area contributed by atoms with Crippen molar-refractivity contribution < 1.29 is 4.74 Å². The van der Waals surface area contributed by atoms with Gasteiger partial charge in [-0.3, -0.25) is 0 Å². The van der Waals surface area contributed by atoms with Gasteiger partial charge >= 0.3 is 0 Å². The van der Waals surface area contributed by atoms with E-state index in [4.69, 9.17) is 4.74 Å². The molecular formula is C18H28O. The van der Waals surface area contributed by atoms with Crippen molar-refractivity contribution in [2.75, 3.05) is 7.11 Å². The Balaban J connectivity index is 0. The molecular weight excluding hydrogens is 232 g/mol. The van der Waals surface area contributed by atoms with Crippen LogP contribution < -0.4 is 4.74 Å². The maximum atomic E-state index is 4.91. The number of benzene rings is 2. The smallest absolute Gasteiger partial charge is 0.118 e. The van der Waals surface area contributed by atoms with Gasteiger partial charge in [-0.05, 0) is 12.1 Å². The average Bonchev–Trinajstić information content (AvgIpc) is 2.53. The zero-order valence-electron chi connectivity index (χ0n) is 13.0. The molecule has 0 aliphatic heterocycles. The van der Waals surface area contributed by atoms with Crippen LogP contribution in [-0.2, 0) is 0 Å². The third-order valence-electron chi connectivity index (χ3n) is 1.65. The number of para-hydroxylation sites is 1. The maximum Gasteiger partial charge on any atom is 0.118 e. The van der Waals surface area contributed by atoms with Gasteiger partial charge in [0, 0.05) is 0 Å². The molecule has 106 valence electrons. The molecule has 0 spiro atoms. The monoisotopic (exact) mass is 260 g/mol. The molecule has 0 aliphatic rings. The van der Waals surface area contributed by atoms with Gasteiger partial charge in [-0.1, -0.05) is 88.7 Å². The Bertz CT molecular complexity index is 303. The van der Waals surface area contributed by atoms with Crippen LogP contribution >= 0.6 is 0 Å². The summed E-state index contributed by atoms with van der Waals surface area (Å²) in [7, 11) is 1.66. The molecule has 2 aromatic carbocycles. The van der Waals surface area contributed by atoms with E-state index in [1.807, 2.05) is 80.6 Å². The summed E-state index contributed by atoms with van der Waals surface area (Å²) in [6, 6.07) is 21.7. The second-order valence-corrected chi connectivity index (χ2v) is 3.38. The highest BCUT2D eigenvalue weighted by Gasteiger charge is 1.80. The molecule has 0 N–H and O–H groups in total. The molecule has 0 aromatic heterocycles. The van der Waals surface area contributed by atoms with Gasteiger partial charge in [0.15, 0.2) is 0 Å². The van der Waals surface area contributed by atoms with Crippen LogP contribution in [0.4, 0.5) is 0 Å². The maximum absolute atomic E-state index is 4.91. The molecule has 0 amide bonds. The number of hydrogen-bond acceptors (Lipinski definition) is 1. The second-order valence-electron chi connectivity index (χ2n) is 3.38. The van der Waals surface area contributed by atoms with Gasteiger partial charge in [0.25, 0.3) is 0 Å². The Morgan fingerprint density at radius 3 is 1.16 bits per heavy atom. The predicted molar refractivity (Wildman–Crippen MR) is 86.7 cm³/mol. The lowest BCUT2D eigenvalue weighted by Crippen LogP contribution is -1.78. The molecule has 2 aromatic rings. The second kappa shape index (κ2) is 18.6. The van der Waals surface area contributed by atoms with Crippen molar-refractivity contribution in [3.63, 3.8) is 0 Å². The van der Waals surface area contributed by atoms with E-state index in [1.54, 1.807) is 7.11 Å². The largest absolute Gasteiger partial charge is 0.497 e. The Kier molecular flexibility index (Phi) is 19.2. The zero-order valence-corrected chi connectivity index (χ0v) is 13.0. The Labute approximate surface area is 119 Å². The number of hydrogen-bond donors (Lipinski definition) is 0. The molecule has 1 heteroatoms. The van der Waals surface area contributed by atoms with Crippen LogP contribution in [0.2, 0.25) is 0 Å². The van der Waals surface area contributed by atoms with Crippen LogP contribution in [0.15, 0.2) is 66.7 Å². The van der Waals surface area contributed by atoms with E-state index in [9.17, 15) is 0 Å². The van der Waals surface area contributed by atoms with Crippen molar-refractivity contribution in [3.8, 4) is 5.75 Å². The minimum atomic E-state index is 0.910. The first-order valence-electron chi connectivity index (χ1n) is 6.94. The lowest BCUT2D eigenvalue weighted by Gasteiger charge is -1.93. The zero-order chi connectivity index (χ0) is 14.8. The van der Waals surface area contributed by atoms with Crippen LogP contribution in [0, 0.1) is 0 Å². The van der Waals surface area contributed by atoms with Gasteiger partial charge in [0.1, 0.15) is 5.75 Å². The van der Waals surface area contributed by atoms with Crippen molar-refractivity contribution in [1.29, 1.82) is 0 Å². The van der Waals surface area contributed by atoms with Crippen LogP contribution in [-0.4, -0.2) is 7.11 Å². The van der Waals surface area contributed by atoms with Crippen molar-refractivity contribution in [2.24, 2.45) is 0 Å². The van der Waals surface area contributed by atoms with Gasteiger partial charge < -0.3 is 4.74 Å². The van der Waals surface area contributed by atoms with Crippen LogP contribution in [0.25, 0.3) is 0 Å². The summed E-state index contributed by atoms with van der Waals surface area (Å²) in [6.45, 7) is 8.25. The number of rotatable bonds is 1. The Hall–Kier alpha value is -1.76. The predicted octanol–water partition coefficient (Wildman–Crippen LogP) is 5.82. The molecule has 0 saturated carbocycles. The van der Waals surface area contributed by atoms with Crippen molar-refractivity contribution >= 4 is 0 Å². The highest BCUT2D eigenvalue weighted by molar-refractivity contribution is 5.20. The fourth-order valence-corrected chi connectivity index (χ4v) is 0.941. The summed E-state index contributed by atoms with van der Waals surface area (Å²) in [6.07, 6.45) is 1.25. The van der Waals surface area contributed by atoms with Gasteiger partial charge in [-0.2, -0.15) is 0 Å². The van der Waals surface area contributed by atoms with E-state index in [1.165, 1.54) is 6.42 Å². The highest BCUT2D eigenvalue weighted by atomic mass is 16.5. The first-order chi connectivity index (χ1) is 9.35. The van der Waals surface area contributed by atoms with Crippen LogP contribution in [0.5, 0.6) is 5.75 Å². The Morgan fingerprint density at radius 1 is 0.684 bits per heavy atom. The van der Waals surface area contributed by atoms with Crippen LogP contribution in [0.3, 0.4) is 0 Å². The van der Waals surface area contributed by atoms with Gasteiger partial charge in [-0.25, -0.2) is 0 Å². The third-order valence-corrected chi connectivity index (χ3v) is 1.65. The van der Waals surface area contributed by atoms with E-state index >= 15 is 0 Å². The minimum Gasteiger partial charge on any atom is -0.497 e. The lowest BCUT2D eigenvalue weighted by atomic mass is 10.3. The summed E-state index contributed by atoms with van der Waals surface area (Å²) < 4.78 is 4.91. The number of methoxy groups -OCH3 is 1. The van der Waals surface area contributed by atoms with Crippen molar-refractivity contribution in [2.45, 2.75) is 34.1 Å². The molecule has 0 radical (unpaired) electrons. The van der Waals surface area contributed by atoms with Crippen LogP contribution in [0.1, 0.15) is 34.1 Å². The topological polar surface area (TPSA) is 9.23 Å². The molecule has 2 rings (SSSR count). The standard InChI is InChI=1S/C7H8O.C6H6.C3H8.C2H6/c1-8-7-5-3-2-4-6-7;1-2-4-6-5-3-1;1-3-2;1-2/h2-6H,1H3;1-6H;3H2,1-2H3;1-2H3. The van der Waals surface area contributed by atoms with E-state index in [2.05, 4.69) is 13.8 Å². The van der Waals surface area contributed by atoms with E-state index in [0.29, 0.717) is 0 Å². The van der Waals surface area contributed by atoms with E-state index < -0.39 is 0 Å². The summed E-state index contributed by atoms with van der Waals surface area (Å²) >= 11 is 0. The van der Waals surface area contributed by atoms with Crippen molar-refractivity contribution in [3.05, 3.63) is 66.7 Å². The normalized spacial score (nSPS) is 7.42.